The lowest BCUT2D eigenvalue weighted by Gasteiger charge is -2.04. The molecule has 0 unspecified atom stereocenters. The summed E-state index contributed by atoms with van der Waals surface area (Å²) in [5, 5.41) is 3.19. The fourth-order valence-corrected chi connectivity index (χ4v) is 2.02. The molecule has 0 fully saturated rings. The largest absolute Gasteiger partial charge is 0.362 e. The van der Waals surface area contributed by atoms with Crippen molar-refractivity contribution in [3.05, 3.63) is 126 Å². The third kappa shape index (κ3) is 9.29. The van der Waals surface area contributed by atoms with E-state index in [1.165, 1.54) is 5.56 Å². The molecule has 1 nitrogen and oxygen atoms in total. The molecule has 1 N–H and O–H groups in total. The summed E-state index contributed by atoms with van der Waals surface area (Å²) in [5.41, 5.74) is 4.31. The zero-order valence-electron chi connectivity index (χ0n) is 16.0. The van der Waals surface area contributed by atoms with Gasteiger partial charge in [-0.25, -0.2) is 0 Å². The van der Waals surface area contributed by atoms with E-state index in [1.54, 1.807) is 0 Å². The van der Waals surface area contributed by atoms with Gasteiger partial charge < -0.3 is 5.32 Å². The molecule has 1 rings (SSSR count). The topological polar surface area (TPSA) is 12.0 Å². The predicted molar refractivity (Wildman–Crippen MR) is 117 cm³/mol. The van der Waals surface area contributed by atoms with Crippen molar-refractivity contribution < 1.29 is 0 Å². The van der Waals surface area contributed by atoms with Gasteiger partial charge in [-0.05, 0) is 43.6 Å². The van der Waals surface area contributed by atoms with Gasteiger partial charge in [0, 0.05) is 11.9 Å². The highest BCUT2D eigenvalue weighted by Crippen LogP contribution is 2.05. The molecule has 1 heteroatoms. The van der Waals surface area contributed by atoms with Crippen molar-refractivity contribution >= 4 is 6.08 Å². The standard InChI is InChI=1S/C25H29N/c1-5-7-15-22(3)23(4)26-21-13-20-24(14-6-2)18-11-12-19-25-16-9-8-10-17-25/h5-21,26H,4H2,1-3H3/b7-5-,14-6-,18-11+,19-12+,21-13+,22-15-,24-20+. The molecule has 0 aliphatic rings. The highest BCUT2D eigenvalue weighted by atomic mass is 14.8. The molecule has 1 aromatic rings. The van der Waals surface area contributed by atoms with Crippen LogP contribution in [-0.2, 0) is 0 Å². The van der Waals surface area contributed by atoms with Crippen molar-refractivity contribution in [3.63, 3.8) is 0 Å². The van der Waals surface area contributed by atoms with E-state index in [0.29, 0.717) is 0 Å². The van der Waals surface area contributed by atoms with Crippen LogP contribution in [0, 0.1) is 0 Å². The first-order chi connectivity index (χ1) is 12.7. The van der Waals surface area contributed by atoms with Crippen LogP contribution in [0.3, 0.4) is 0 Å². The van der Waals surface area contributed by atoms with Crippen molar-refractivity contribution in [3.8, 4) is 0 Å². The highest BCUT2D eigenvalue weighted by molar-refractivity contribution is 5.51. The summed E-state index contributed by atoms with van der Waals surface area (Å²) in [7, 11) is 0. The van der Waals surface area contributed by atoms with Crippen molar-refractivity contribution in [1.82, 2.24) is 5.32 Å². The molecule has 0 spiro atoms. The number of allylic oxidation sites excluding steroid dienone is 12. The van der Waals surface area contributed by atoms with Gasteiger partial charge in [0.25, 0.3) is 0 Å². The molecular weight excluding hydrogens is 314 g/mol. The summed E-state index contributed by atoms with van der Waals surface area (Å²) in [6.07, 6.45) is 24.3. The Kier molecular flexibility index (Phi) is 10.7. The molecular formula is C25H29N. The van der Waals surface area contributed by atoms with Gasteiger partial charge in [0.2, 0.25) is 0 Å². The van der Waals surface area contributed by atoms with Gasteiger partial charge in [0.15, 0.2) is 0 Å². The Balaban J connectivity index is 2.64. The monoisotopic (exact) mass is 343 g/mol. The van der Waals surface area contributed by atoms with Gasteiger partial charge in [-0.1, -0.05) is 97.7 Å². The van der Waals surface area contributed by atoms with Gasteiger partial charge >= 0.3 is 0 Å². The van der Waals surface area contributed by atoms with E-state index in [1.807, 2.05) is 87.7 Å². The minimum atomic E-state index is 0.890. The Morgan fingerprint density at radius 3 is 2.35 bits per heavy atom. The Labute approximate surface area is 158 Å². The zero-order chi connectivity index (χ0) is 19.0. The third-order valence-corrected chi connectivity index (χ3v) is 3.50. The summed E-state index contributed by atoms with van der Waals surface area (Å²) in [6.45, 7) is 10.1. The molecule has 0 aliphatic heterocycles. The van der Waals surface area contributed by atoms with E-state index >= 15 is 0 Å². The molecule has 0 radical (unpaired) electrons. The fraction of sp³-hybridized carbons (Fsp3) is 0.120. The maximum absolute atomic E-state index is 4.03. The maximum Gasteiger partial charge on any atom is 0.0336 e. The molecule has 0 aromatic heterocycles. The number of benzene rings is 1. The second-order valence-electron chi connectivity index (χ2n) is 5.65. The van der Waals surface area contributed by atoms with E-state index in [4.69, 9.17) is 0 Å². The Morgan fingerprint density at radius 2 is 1.65 bits per heavy atom. The van der Waals surface area contributed by atoms with Crippen LogP contribution in [-0.4, -0.2) is 0 Å². The summed E-state index contributed by atoms with van der Waals surface area (Å²) in [6, 6.07) is 10.3. The Bertz CT molecular complexity index is 751. The molecule has 0 saturated heterocycles. The summed E-state index contributed by atoms with van der Waals surface area (Å²) >= 11 is 0. The summed E-state index contributed by atoms with van der Waals surface area (Å²) < 4.78 is 0. The molecule has 0 aliphatic carbocycles. The molecule has 0 amide bonds. The average Bonchev–Trinajstić information content (AvgIpc) is 2.67. The Morgan fingerprint density at radius 1 is 0.885 bits per heavy atom. The second kappa shape index (κ2) is 13.3. The van der Waals surface area contributed by atoms with Crippen LogP contribution in [0.2, 0.25) is 0 Å². The first-order valence-corrected chi connectivity index (χ1v) is 8.82. The quantitative estimate of drug-likeness (QED) is 0.481. The van der Waals surface area contributed by atoms with Crippen LogP contribution in [0.25, 0.3) is 6.08 Å². The first kappa shape index (κ1) is 21.0. The zero-order valence-corrected chi connectivity index (χ0v) is 16.0. The van der Waals surface area contributed by atoms with E-state index < -0.39 is 0 Å². The molecule has 0 bridgehead atoms. The number of rotatable bonds is 9. The molecule has 0 heterocycles. The van der Waals surface area contributed by atoms with Gasteiger partial charge in [0.05, 0.1) is 0 Å². The number of hydrogen-bond acceptors (Lipinski definition) is 1. The third-order valence-electron chi connectivity index (χ3n) is 3.50. The van der Waals surface area contributed by atoms with Crippen LogP contribution in [0.15, 0.2) is 121 Å². The van der Waals surface area contributed by atoms with Gasteiger partial charge in [0.1, 0.15) is 0 Å². The van der Waals surface area contributed by atoms with Gasteiger partial charge in [-0.2, -0.15) is 0 Å². The summed E-state index contributed by atoms with van der Waals surface area (Å²) in [4.78, 5) is 0. The van der Waals surface area contributed by atoms with E-state index in [2.05, 4.69) is 48.3 Å². The number of nitrogens with one attached hydrogen (secondary N) is 1. The molecule has 26 heavy (non-hydrogen) atoms. The Hall–Kier alpha value is -3.06. The minimum absolute atomic E-state index is 0.890. The lowest BCUT2D eigenvalue weighted by atomic mass is 10.2. The molecule has 0 atom stereocenters. The highest BCUT2D eigenvalue weighted by Gasteiger charge is 1.91. The average molecular weight is 344 g/mol. The lowest BCUT2D eigenvalue weighted by Crippen LogP contribution is -2.03. The second-order valence-corrected chi connectivity index (χ2v) is 5.65. The molecule has 0 saturated carbocycles. The van der Waals surface area contributed by atoms with E-state index in [9.17, 15) is 0 Å². The van der Waals surface area contributed by atoms with Crippen molar-refractivity contribution in [2.75, 3.05) is 0 Å². The maximum atomic E-state index is 4.03. The normalized spacial score (nSPS) is 13.8. The SMILES string of the molecule is C=C(N/C=C/C=C(\C=C/C)/C=C/C=C/c1ccccc1)/C(C)=C\C=C/C. The predicted octanol–water partition coefficient (Wildman–Crippen LogP) is 6.90. The number of hydrogen-bond donors (Lipinski definition) is 1. The van der Waals surface area contributed by atoms with Crippen LogP contribution < -0.4 is 5.32 Å². The van der Waals surface area contributed by atoms with E-state index in [0.717, 1.165) is 16.8 Å². The minimum Gasteiger partial charge on any atom is -0.362 e. The van der Waals surface area contributed by atoms with Crippen LogP contribution in [0.4, 0.5) is 0 Å². The van der Waals surface area contributed by atoms with Crippen LogP contribution in [0.5, 0.6) is 0 Å². The molecule has 134 valence electrons. The smallest absolute Gasteiger partial charge is 0.0336 e. The van der Waals surface area contributed by atoms with Crippen LogP contribution >= 0.6 is 0 Å². The van der Waals surface area contributed by atoms with Crippen molar-refractivity contribution in [1.29, 1.82) is 0 Å². The fourth-order valence-electron chi connectivity index (χ4n) is 2.02. The first-order valence-electron chi connectivity index (χ1n) is 8.82. The van der Waals surface area contributed by atoms with Crippen molar-refractivity contribution in [2.24, 2.45) is 0 Å². The van der Waals surface area contributed by atoms with Crippen molar-refractivity contribution in [2.45, 2.75) is 20.8 Å². The van der Waals surface area contributed by atoms with Crippen LogP contribution in [0.1, 0.15) is 26.3 Å². The van der Waals surface area contributed by atoms with Gasteiger partial charge in [-0.15, -0.1) is 0 Å². The molecule has 1 aromatic carbocycles. The van der Waals surface area contributed by atoms with Gasteiger partial charge in [-0.3, -0.25) is 0 Å². The lowest BCUT2D eigenvalue weighted by molar-refractivity contribution is 1.08. The summed E-state index contributed by atoms with van der Waals surface area (Å²) in [5.74, 6) is 0. The van der Waals surface area contributed by atoms with E-state index in [-0.39, 0.29) is 0 Å².